The zero-order chi connectivity index (χ0) is 22.8. The first-order valence-corrected chi connectivity index (χ1v) is 12.8. The van der Waals surface area contributed by atoms with E-state index in [0.717, 1.165) is 37.6 Å². The zero-order valence-corrected chi connectivity index (χ0v) is 19.8. The van der Waals surface area contributed by atoms with Gasteiger partial charge in [0.05, 0.1) is 4.90 Å². The predicted octanol–water partition coefficient (Wildman–Crippen LogP) is 2.89. The van der Waals surface area contributed by atoms with E-state index in [-0.39, 0.29) is 11.4 Å². The van der Waals surface area contributed by atoms with Crippen molar-refractivity contribution in [3.63, 3.8) is 0 Å². The first-order chi connectivity index (χ1) is 15.3. The standard InChI is InChI=1S/C23H29ClN4O3S/c1-27-12-14-28(15-13-27)21-9-4-18(16-25-21)17-26-22(29)23(10-2-3-11-23)32(30,31)20-7-5-19(24)6-8-20/h4-9,16H,2-3,10-15,17H2,1H3,(H,26,29). The predicted molar refractivity (Wildman–Crippen MR) is 126 cm³/mol. The molecule has 1 saturated heterocycles. The lowest BCUT2D eigenvalue weighted by atomic mass is 10.1. The van der Waals surface area contributed by atoms with E-state index in [4.69, 9.17) is 11.6 Å². The molecule has 4 rings (SSSR count). The Balaban J connectivity index is 1.45. The molecule has 2 aromatic rings. The van der Waals surface area contributed by atoms with Gasteiger partial charge in [0, 0.05) is 43.9 Å². The number of amides is 1. The number of benzene rings is 1. The fraction of sp³-hybridized carbons (Fsp3) is 0.478. The number of nitrogens with one attached hydrogen (secondary N) is 1. The molecule has 32 heavy (non-hydrogen) atoms. The molecule has 9 heteroatoms. The van der Waals surface area contributed by atoms with Crippen LogP contribution in [0.15, 0.2) is 47.5 Å². The highest BCUT2D eigenvalue weighted by molar-refractivity contribution is 7.93. The van der Waals surface area contributed by atoms with Crippen molar-refractivity contribution < 1.29 is 13.2 Å². The number of hydrogen-bond donors (Lipinski definition) is 1. The third-order valence-electron chi connectivity index (χ3n) is 6.55. The second-order valence-electron chi connectivity index (χ2n) is 8.66. The Morgan fingerprint density at radius 1 is 1.06 bits per heavy atom. The third-order valence-corrected chi connectivity index (χ3v) is 9.32. The maximum atomic E-state index is 13.4. The van der Waals surface area contributed by atoms with Crippen molar-refractivity contribution in [2.75, 3.05) is 38.1 Å². The van der Waals surface area contributed by atoms with Gasteiger partial charge in [0.15, 0.2) is 14.6 Å². The maximum Gasteiger partial charge on any atom is 0.242 e. The van der Waals surface area contributed by atoms with Crippen LogP contribution in [0.4, 0.5) is 5.82 Å². The van der Waals surface area contributed by atoms with Gasteiger partial charge in [-0.1, -0.05) is 30.5 Å². The Hall–Kier alpha value is -2.16. The van der Waals surface area contributed by atoms with Crippen molar-refractivity contribution in [2.45, 2.75) is 41.9 Å². The number of sulfone groups is 1. The number of anilines is 1. The van der Waals surface area contributed by atoms with Crippen LogP contribution in [0.5, 0.6) is 0 Å². The first kappa shape index (κ1) is 23.0. The van der Waals surface area contributed by atoms with Gasteiger partial charge in [-0.15, -0.1) is 0 Å². The number of aromatic nitrogens is 1. The summed E-state index contributed by atoms with van der Waals surface area (Å²) in [5, 5.41) is 3.33. The molecule has 0 atom stereocenters. The van der Waals surface area contributed by atoms with Gasteiger partial charge in [-0.2, -0.15) is 0 Å². The molecule has 1 N–H and O–H groups in total. The molecule has 0 spiro atoms. The van der Waals surface area contributed by atoms with Crippen LogP contribution in [0.1, 0.15) is 31.2 Å². The van der Waals surface area contributed by atoms with Gasteiger partial charge < -0.3 is 15.1 Å². The molecule has 1 aromatic heterocycles. The van der Waals surface area contributed by atoms with Gasteiger partial charge >= 0.3 is 0 Å². The van der Waals surface area contributed by atoms with Crippen molar-refractivity contribution in [3.05, 3.63) is 53.2 Å². The van der Waals surface area contributed by atoms with Crippen LogP contribution in [0.2, 0.25) is 5.02 Å². The van der Waals surface area contributed by atoms with E-state index in [1.807, 2.05) is 12.1 Å². The molecule has 0 unspecified atom stereocenters. The quantitative estimate of drug-likeness (QED) is 0.690. The largest absolute Gasteiger partial charge is 0.354 e. The summed E-state index contributed by atoms with van der Waals surface area (Å²) in [7, 11) is -1.73. The lowest BCUT2D eigenvalue weighted by molar-refractivity contribution is -0.123. The molecule has 1 aliphatic heterocycles. The van der Waals surface area contributed by atoms with Gasteiger partial charge in [-0.25, -0.2) is 13.4 Å². The number of pyridine rings is 1. The third kappa shape index (κ3) is 4.49. The minimum absolute atomic E-state index is 0.136. The van der Waals surface area contributed by atoms with Gasteiger partial charge in [-0.3, -0.25) is 4.79 Å². The number of nitrogens with zero attached hydrogens (tertiary/aromatic N) is 3. The van der Waals surface area contributed by atoms with E-state index in [2.05, 4.69) is 27.1 Å². The molecule has 7 nitrogen and oxygen atoms in total. The molecule has 0 bridgehead atoms. The van der Waals surface area contributed by atoms with E-state index in [0.29, 0.717) is 30.7 Å². The molecule has 2 aliphatic rings. The van der Waals surface area contributed by atoms with Crippen molar-refractivity contribution in [3.8, 4) is 0 Å². The SMILES string of the molecule is CN1CCN(c2ccc(CNC(=O)C3(S(=O)(=O)c4ccc(Cl)cc4)CCCC3)cn2)CC1. The summed E-state index contributed by atoms with van der Waals surface area (Å²) in [6.07, 6.45) is 3.82. The molecule has 1 amide bonds. The summed E-state index contributed by atoms with van der Waals surface area (Å²) in [6.45, 7) is 4.12. The molecular formula is C23H29ClN4O3S. The summed E-state index contributed by atoms with van der Waals surface area (Å²) in [6, 6.07) is 9.95. The Morgan fingerprint density at radius 2 is 1.72 bits per heavy atom. The van der Waals surface area contributed by atoms with Crippen LogP contribution in [0.25, 0.3) is 0 Å². The monoisotopic (exact) mass is 476 g/mol. The molecule has 1 saturated carbocycles. The summed E-state index contributed by atoms with van der Waals surface area (Å²) in [5.74, 6) is 0.485. The average molecular weight is 477 g/mol. The minimum atomic E-state index is -3.84. The number of piperazine rings is 1. The smallest absolute Gasteiger partial charge is 0.242 e. The highest BCUT2D eigenvalue weighted by atomic mass is 35.5. The van der Waals surface area contributed by atoms with Crippen molar-refractivity contribution in [2.24, 2.45) is 0 Å². The van der Waals surface area contributed by atoms with E-state index < -0.39 is 20.5 Å². The highest BCUT2D eigenvalue weighted by Gasteiger charge is 2.52. The van der Waals surface area contributed by atoms with E-state index in [1.54, 1.807) is 18.3 Å². The lowest BCUT2D eigenvalue weighted by Gasteiger charge is -2.33. The summed E-state index contributed by atoms with van der Waals surface area (Å²) in [4.78, 5) is 22.4. The summed E-state index contributed by atoms with van der Waals surface area (Å²) < 4.78 is 25.4. The van der Waals surface area contributed by atoms with Crippen LogP contribution < -0.4 is 10.2 Å². The number of halogens is 1. The number of likely N-dealkylation sites (N-methyl/N-ethyl adjacent to an activating group) is 1. The van der Waals surface area contributed by atoms with Crippen LogP contribution in [-0.2, 0) is 21.2 Å². The van der Waals surface area contributed by atoms with Crippen LogP contribution in [0, 0.1) is 0 Å². The van der Waals surface area contributed by atoms with Gasteiger partial charge in [0.25, 0.3) is 0 Å². The molecule has 0 radical (unpaired) electrons. The van der Waals surface area contributed by atoms with E-state index >= 15 is 0 Å². The fourth-order valence-electron chi connectivity index (χ4n) is 4.49. The number of carbonyl (C=O) groups is 1. The number of carbonyl (C=O) groups excluding carboxylic acids is 1. The van der Waals surface area contributed by atoms with Gasteiger partial charge in [0.1, 0.15) is 5.82 Å². The normalized spacial score (nSPS) is 19.1. The fourth-order valence-corrected chi connectivity index (χ4v) is 6.70. The average Bonchev–Trinajstić information content (AvgIpc) is 3.31. The molecule has 2 fully saturated rings. The number of rotatable bonds is 6. The second kappa shape index (κ2) is 9.37. The number of hydrogen-bond acceptors (Lipinski definition) is 6. The van der Waals surface area contributed by atoms with E-state index in [1.165, 1.54) is 12.1 Å². The summed E-state index contributed by atoms with van der Waals surface area (Å²) >= 11 is 5.92. The Labute approximate surface area is 194 Å². The minimum Gasteiger partial charge on any atom is -0.354 e. The van der Waals surface area contributed by atoms with E-state index in [9.17, 15) is 13.2 Å². The van der Waals surface area contributed by atoms with Crippen LogP contribution >= 0.6 is 11.6 Å². The molecular weight excluding hydrogens is 448 g/mol. The Morgan fingerprint density at radius 3 is 2.31 bits per heavy atom. The van der Waals surface area contributed by atoms with Crippen molar-refractivity contribution in [1.29, 1.82) is 0 Å². The molecule has 172 valence electrons. The van der Waals surface area contributed by atoms with Crippen LogP contribution in [0.3, 0.4) is 0 Å². The Kier molecular flexibility index (Phi) is 6.74. The van der Waals surface area contributed by atoms with Crippen molar-refractivity contribution >= 4 is 33.2 Å². The first-order valence-electron chi connectivity index (χ1n) is 11.0. The zero-order valence-electron chi connectivity index (χ0n) is 18.3. The highest BCUT2D eigenvalue weighted by Crippen LogP contribution is 2.41. The lowest BCUT2D eigenvalue weighted by Crippen LogP contribution is -2.50. The molecule has 1 aromatic carbocycles. The van der Waals surface area contributed by atoms with Gasteiger partial charge in [-0.05, 0) is 55.8 Å². The molecule has 1 aliphatic carbocycles. The summed E-state index contributed by atoms with van der Waals surface area (Å²) in [5.41, 5.74) is 0.841. The molecule has 2 heterocycles. The maximum absolute atomic E-state index is 13.4. The van der Waals surface area contributed by atoms with Gasteiger partial charge in [0.2, 0.25) is 5.91 Å². The second-order valence-corrected chi connectivity index (χ2v) is 11.4. The topological polar surface area (TPSA) is 82.6 Å². The van der Waals surface area contributed by atoms with Crippen LogP contribution in [-0.4, -0.2) is 62.2 Å². The van der Waals surface area contributed by atoms with Crippen molar-refractivity contribution in [1.82, 2.24) is 15.2 Å². The Bertz CT molecular complexity index is 1040.